The Morgan fingerprint density at radius 3 is 2.57 bits per heavy atom. The lowest BCUT2D eigenvalue weighted by molar-refractivity contribution is -0.146. The summed E-state index contributed by atoms with van der Waals surface area (Å²) in [6.45, 7) is 10.0. The average Bonchev–Trinajstić information content (AvgIpc) is 3.50. The van der Waals surface area contributed by atoms with Crippen LogP contribution in [-0.4, -0.2) is 33.9 Å². The van der Waals surface area contributed by atoms with E-state index in [0.29, 0.717) is 29.1 Å². The Kier molecular flexibility index (Phi) is 7.89. The quantitative estimate of drug-likeness (QED) is 0.263. The Morgan fingerprint density at radius 2 is 1.91 bits per heavy atom. The lowest BCUT2D eigenvalue weighted by Crippen LogP contribution is -2.38. The molecule has 4 fully saturated rings. The minimum absolute atomic E-state index is 0.0212. The number of hydrogen-bond acceptors (Lipinski definition) is 4. The summed E-state index contributed by atoms with van der Waals surface area (Å²) in [6.07, 6.45) is 17.1. The predicted octanol–water partition coefficient (Wildman–Crippen LogP) is 7.00. The van der Waals surface area contributed by atoms with E-state index in [0.717, 1.165) is 32.1 Å². The third-order valence-electron chi connectivity index (χ3n) is 9.70. The van der Waals surface area contributed by atoms with Gasteiger partial charge in [-0.25, -0.2) is 0 Å². The number of halogens is 1. The zero-order chi connectivity index (χ0) is 25.4. The molecule has 4 aliphatic rings. The average molecular weight is 548 g/mol. The van der Waals surface area contributed by atoms with Crippen molar-refractivity contribution in [3.05, 3.63) is 35.5 Å². The fourth-order valence-electron chi connectivity index (χ4n) is 7.55. The van der Waals surface area contributed by atoms with Gasteiger partial charge < -0.3 is 9.84 Å². The van der Waals surface area contributed by atoms with Crippen molar-refractivity contribution in [2.24, 2.45) is 22.7 Å². The number of allylic oxidation sites excluding steroid dienone is 4. The Balaban J connectivity index is 1.46. The van der Waals surface area contributed by atoms with Gasteiger partial charge in [-0.15, -0.1) is 0 Å². The number of fused-ring (bicyclic) bond motifs is 1. The van der Waals surface area contributed by atoms with Crippen LogP contribution < -0.4 is 0 Å². The summed E-state index contributed by atoms with van der Waals surface area (Å²) in [5.74, 6) is 1.06. The summed E-state index contributed by atoms with van der Waals surface area (Å²) >= 11 is 3.19. The molecule has 0 aromatic carbocycles. The second-order valence-corrected chi connectivity index (χ2v) is 13.0. The molecule has 0 bridgehead atoms. The fourth-order valence-corrected chi connectivity index (χ4v) is 7.68. The van der Waals surface area contributed by atoms with Crippen LogP contribution in [0.3, 0.4) is 0 Å². The summed E-state index contributed by atoms with van der Waals surface area (Å²) in [4.78, 5) is 24.2. The Bertz CT molecular complexity index is 919. The number of rotatable bonds is 8. The minimum atomic E-state index is -1.22. The topological polar surface area (TPSA) is 63.6 Å². The maximum Gasteiger partial charge on any atom is 0.316 e. The van der Waals surface area contributed by atoms with E-state index >= 15 is 0 Å². The molecule has 0 aliphatic heterocycles. The maximum atomic E-state index is 12.4. The highest BCUT2D eigenvalue weighted by Gasteiger charge is 2.60. The highest BCUT2D eigenvalue weighted by atomic mass is 79.9. The molecule has 0 radical (unpaired) electrons. The molecule has 0 heterocycles. The highest BCUT2D eigenvalue weighted by molar-refractivity contribution is 9.09. The van der Waals surface area contributed by atoms with E-state index in [1.165, 1.54) is 49.7 Å². The molecule has 0 aromatic heterocycles. The van der Waals surface area contributed by atoms with Gasteiger partial charge in [0.2, 0.25) is 0 Å². The van der Waals surface area contributed by atoms with E-state index in [4.69, 9.17) is 4.74 Å². The number of ether oxygens (including phenoxy) is 1. The van der Waals surface area contributed by atoms with Crippen molar-refractivity contribution in [2.45, 2.75) is 110 Å². The second-order valence-electron chi connectivity index (χ2n) is 12.4. The van der Waals surface area contributed by atoms with Gasteiger partial charge in [-0.2, -0.15) is 0 Å². The molecular formula is C30H43BrO4. The molecule has 1 unspecified atom stereocenters. The van der Waals surface area contributed by atoms with E-state index in [1.807, 2.05) is 0 Å². The lowest BCUT2D eigenvalue weighted by atomic mass is 9.59. The monoisotopic (exact) mass is 546 g/mol. The molecule has 4 nitrogen and oxygen atoms in total. The van der Waals surface area contributed by atoms with Crippen LogP contribution in [0.1, 0.15) is 97.8 Å². The van der Waals surface area contributed by atoms with Crippen LogP contribution in [0.15, 0.2) is 35.5 Å². The molecule has 4 rings (SSSR count). The molecule has 1 N–H and O–H groups in total. The molecule has 0 saturated heterocycles. The molecule has 35 heavy (non-hydrogen) atoms. The van der Waals surface area contributed by atoms with E-state index in [2.05, 4.69) is 41.6 Å². The molecule has 4 saturated carbocycles. The third-order valence-corrected chi connectivity index (χ3v) is 10.2. The molecule has 4 aliphatic carbocycles. The Labute approximate surface area is 219 Å². The fraction of sp³-hybridized carbons (Fsp3) is 0.733. The van der Waals surface area contributed by atoms with Crippen molar-refractivity contribution < 1.29 is 19.4 Å². The van der Waals surface area contributed by atoms with Gasteiger partial charge in [0, 0.05) is 12.8 Å². The standard InChI is InChI=1S/C30H43BrO4/c1-20-7-10-23(35-27(33)19-31)18-22(20)9-8-21-6-5-14-29(4)24(21)11-12-25(29)30(16-17-30)15-13-26(32)28(2,3)34/h8-9,23-25,34H,1,5-7,10-19H2,2-4H3/b21-8+,22-9-/t23-,24?,25-,29-/m0/s1. The minimum Gasteiger partial charge on any atom is -0.461 e. The summed E-state index contributed by atoms with van der Waals surface area (Å²) < 4.78 is 5.59. The number of aliphatic hydroxyl groups is 1. The first-order valence-electron chi connectivity index (χ1n) is 13.6. The smallest absolute Gasteiger partial charge is 0.316 e. The third kappa shape index (κ3) is 5.71. The van der Waals surface area contributed by atoms with Crippen LogP contribution in [0, 0.1) is 22.7 Å². The molecule has 4 atom stereocenters. The van der Waals surface area contributed by atoms with Gasteiger partial charge in [-0.1, -0.05) is 52.7 Å². The van der Waals surface area contributed by atoms with Crippen molar-refractivity contribution >= 4 is 27.7 Å². The Morgan fingerprint density at radius 1 is 1.17 bits per heavy atom. The van der Waals surface area contributed by atoms with Crippen LogP contribution in [-0.2, 0) is 14.3 Å². The molecule has 0 aromatic rings. The van der Waals surface area contributed by atoms with Gasteiger partial charge in [0.1, 0.15) is 17.0 Å². The first-order valence-corrected chi connectivity index (χ1v) is 14.7. The van der Waals surface area contributed by atoms with Crippen LogP contribution >= 0.6 is 15.9 Å². The van der Waals surface area contributed by atoms with Crippen LogP contribution in [0.25, 0.3) is 0 Å². The maximum absolute atomic E-state index is 12.4. The highest BCUT2D eigenvalue weighted by Crippen LogP contribution is 2.70. The van der Waals surface area contributed by atoms with Gasteiger partial charge in [-0.05, 0) is 106 Å². The van der Waals surface area contributed by atoms with Crippen molar-refractivity contribution in [1.82, 2.24) is 0 Å². The van der Waals surface area contributed by atoms with Gasteiger partial charge in [0.15, 0.2) is 5.78 Å². The number of Topliss-reactive ketones (excluding diaryl/α,β-unsaturated/α-hetero) is 1. The van der Waals surface area contributed by atoms with Crippen molar-refractivity contribution in [3.63, 3.8) is 0 Å². The van der Waals surface area contributed by atoms with Gasteiger partial charge >= 0.3 is 5.97 Å². The van der Waals surface area contributed by atoms with Gasteiger partial charge in [-0.3, -0.25) is 9.59 Å². The first kappa shape index (κ1) is 26.9. The summed E-state index contributed by atoms with van der Waals surface area (Å²) in [5.41, 5.74) is 3.35. The number of carbonyl (C=O) groups is 2. The number of carbonyl (C=O) groups excluding carboxylic acids is 2. The zero-order valence-electron chi connectivity index (χ0n) is 21.8. The number of alkyl halides is 1. The number of hydrogen-bond donors (Lipinski definition) is 1. The molecule has 5 heteroatoms. The SMILES string of the molecule is C=C1CC[C@H](OC(=O)CBr)C/C1=C/C=C1\CCC[C@@]2(C)C1CC[C@@H]2C1(CCC(=O)C(C)(C)O)CC1. The zero-order valence-corrected chi connectivity index (χ0v) is 23.4. The molecule has 0 amide bonds. The van der Waals surface area contributed by atoms with E-state index in [9.17, 15) is 14.7 Å². The predicted molar refractivity (Wildman–Crippen MR) is 143 cm³/mol. The van der Waals surface area contributed by atoms with Crippen LogP contribution in [0.4, 0.5) is 0 Å². The first-order chi connectivity index (χ1) is 16.5. The van der Waals surface area contributed by atoms with Gasteiger partial charge in [0.25, 0.3) is 0 Å². The summed E-state index contributed by atoms with van der Waals surface area (Å²) in [6, 6.07) is 0. The lowest BCUT2D eigenvalue weighted by Gasteiger charge is -2.45. The molecule has 194 valence electrons. The number of esters is 1. The molecule has 0 spiro atoms. The van der Waals surface area contributed by atoms with Gasteiger partial charge in [0.05, 0.1) is 0 Å². The second kappa shape index (κ2) is 10.3. The van der Waals surface area contributed by atoms with Crippen LogP contribution in [0.2, 0.25) is 0 Å². The Hall–Kier alpha value is -1.20. The van der Waals surface area contributed by atoms with E-state index < -0.39 is 5.60 Å². The van der Waals surface area contributed by atoms with Crippen molar-refractivity contribution in [3.8, 4) is 0 Å². The normalized spacial score (nSPS) is 34.7. The van der Waals surface area contributed by atoms with E-state index in [-0.39, 0.29) is 23.2 Å². The number of ketones is 1. The van der Waals surface area contributed by atoms with Crippen LogP contribution in [0.5, 0.6) is 0 Å². The largest absolute Gasteiger partial charge is 0.461 e. The van der Waals surface area contributed by atoms with E-state index in [1.54, 1.807) is 19.4 Å². The van der Waals surface area contributed by atoms with Crippen molar-refractivity contribution in [2.75, 3.05) is 5.33 Å². The molecular weight excluding hydrogens is 504 g/mol. The summed E-state index contributed by atoms with van der Waals surface area (Å²) in [5, 5.41) is 10.3. The summed E-state index contributed by atoms with van der Waals surface area (Å²) in [7, 11) is 0. The van der Waals surface area contributed by atoms with Crippen molar-refractivity contribution in [1.29, 1.82) is 0 Å².